The molecule has 1 fully saturated rings. The van der Waals surface area contributed by atoms with E-state index in [0.717, 1.165) is 13.0 Å². The molecule has 0 aromatic carbocycles. The Kier molecular flexibility index (Phi) is 6.11. The normalized spacial score (nSPS) is 14.3. The van der Waals surface area contributed by atoms with Crippen LogP contribution in [0.25, 0.3) is 0 Å². The number of thiophene rings is 1. The standard InChI is InChI=1S/C17H24N6O2S/c1-2-25-17(24)23-9-7-22(8-10-23)16-14(18)15(20-12-21-16)19-6-5-13-4-3-11-26-13/h3-4,11-12H,2,5-10,18H2,1H3,(H,19,20,21). The monoisotopic (exact) mass is 376 g/mol. The Morgan fingerprint density at radius 2 is 2.15 bits per heavy atom. The van der Waals surface area contributed by atoms with Crippen LogP contribution in [0.3, 0.4) is 0 Å². The Bertz CT molecular complexity index is 716. The van der Waals surface area contributed by atoms with E-state index < -0.39 is 0 Å². The smallest absolute Gasteiger partial charge is 0.409 e. The van der Waals surface area contributed by atoms with Crippen molar-refractivity contribution in [3.05, 3.63) is 28.7 Å². The van der Waals surface area contributed by atoms with E-state index in [1.165, 1.54) is 11.2 Å². The molecule has 3 N–H and O–H groups in total. The van der Waals surface area contributed by atoms with Gasteiger partial charge in [0.1, 0.15) is 12.0 Å². The van der Waals surface area contributed by atoms with Gasteiger partial charge >= 0.3 is 6.09 Å². The number of aromatic nitrogens is 2. The SMILES string of the molecule is CCOC(=O)N1CCN(c2ncnc(NCCc3cccs3)c2N)CC1. The van der Waals surface area contributed by atoms with Crippen LogP contribution in [-0.2, 0) is 11.2 Å². The van der Waals surface area contributed by atoms with Crippen LogP contribution >= 0.6 is 11.3 Å². The van der Waals surface area contributed by atoms with E-state index in [0.29, 0.717) is 50.1 Å². The van der Waals surface area contributed by atoms with Crippen molar-refractivity contribution in [1.82, 2.24) is 14.9 Å². The van der Waals surface area contributed by atoms with E-state index in [9.17, 15) is 4.79 Å². The van der Waals surface area contributed by atoms with E-state index in [1.807, 2.05) is 13.0 Å². The van der Waals surface area contributed by atoms with E-state index in [1.54, 1.807) is 16.2 Å². The summed E-state index contributed by atoms with van der Waals surface area (Å²) in [5.74, 6) is 1.36. The molecule has 1 aliphatic rings. The topological polar surface area (TPSA) is 96.6 Å². The Balaban J connectivity index is 1.58. The van der Waals surface area contributed by atoms with Crippen LogP contribution in [0.15, 0.2) is 23.8 Å². The Labute approximate surface area is 157 Å². The van der Waals surface area contributed by atoms with Crippen LogP contribution in [0, 0.1) is 0 Å². The lowest BCUT2D eigenvalue weighted by atomic mass is 10.3. The van der Waals surface area contributed by atoms with Crippen molar-refractivity contribution in [3.8, 4) is 0 Å². The number of nitrogens with zero attached hydrogens (tertiary/aromatic N) is 4. The summed E-state index contributed by atoms with van der Waals surface area (Å²) < 4.78 is 5.05. The predicted octanol–water partition coefficient (Wildman–Crippen LogP) is 2.05. The minimum atomic E-state index is -0.265. The lowest BCUT2D eigenvalue weighted by molar-refractivity contribution is 0.105. The molecule has 0 aliphatic carbocycles. The summed E-state index contributed by atoms with van der Waals surface area (Å²) in [6, 6.07) is 4.16. The highest BCUT2D eigenvalue weighted by molar-refractivity contribution is 7.09. The Morgan fingerprint density at radius 3 is 2.85 bits per heavy atom. The lowest BCUT2D eigenvalue weighted by Crippen LogP contribution is -2.49. The first-order chi connectivity index (χ1) is 12.7. The maximum atomic E-state index is 11.8. The minimum absolute atomic E-state index is 0.265. The van der Waals surface area contributed by atoms with Gasteiger partial charge < -0.3 is 25.6 Å². The van der Waals surface area contributed by atoms with Crippen LogP contribution in [-0.4, -0.2) is 60.3 Å². The van der Waals surface area contributed by atoms with Crippen molar-refractivity contribution < 1.29 is 9.53 Å². The first-order valence-corrected chi connectivity index (χ1v) is 9.60. The lowest BCUT2D eigenvalue weighted by Gasteiger charge is -2.35. The largest absolute Gasteiger partial charge is 0.450 e. The summed E-state index contributed by atoms with van der Waals surface area (Å²) in [4.78, 5) is 25.5. The molecule has 0 spiro atoms. The number of carbonyl (C=O) groups is 1. The molecule has 2 aromatic heterocycles. The number of hydrogen-bond acceptors (Lipinski definition) is 8. The molecule has 0 saturated carbocycles. The summed E-state index contributed by atoms with van der Waals surface area (Å²) >= 11 is 1.74. The average molecular weight is 376 g/mol. The number of nitrogens with one attached hydrogen (secondary N) is 1. The number of nitrogens with two attached hydrogens (primary N) is 1. The van der Waals surface area contributed by atoms with Crippen molar-refractivity contribution in [2.45, 2.75) is 13.3 Å². The van der Waals surface area contributed by atoms with Gasteiger partial charge in [0.25, 0.3) is 0 Å². The van der Waals surface area contributed by atoms with E-state index in [-0.39, 0.29) is 6.09 Å². The van der Waals surface area contributed by atoms with Gasteiger partial charge in [0.2, 0.25) is 0 Å². The van der Waals surface area contributed by atoms with Crippen LogP contribution in [0.5, 0.6) is 0 Å². The number of anilines is 3. The molecule has 3 rings (SSSR count). The molecule has 1 saturated heterocycles. The molecule has 140 valence electrons. The molecule has 0 radical (unpaired) electrons. The maximum absolute atomic E-state index is 11.8. The van der Waals surface area contributed by atoms with Crippen LogP contribution in [0.2, 0.25) is 0 Å². The number of hydrogen-bond donors (Lipinski definition) is 2. The van der Waals surface area contributed by atoms with Gasteiger partial charge in [-0.05, 0) is 24.8 Å². The summed E-state index contributed by atoms with van der Waals surface area (Å²) in [6.45, 7) is 5.45. The van der Waals surface area contributed by atoms with Gasteiger partial charge in [-0.2, -0.15) is 0 Å². The number of rotatable bonds is 6. The third-order valence-electron chi connectivity index (χ3n) is 4.21. The first-order valence-electron chi connectivity index (χ1n) is 8.72. The van der Waals surface area contributed by atoms with Gasteiger partial charge in [-0.1, -0.05) is 6.07 Å². The fraction of sp³-hybridized carbons (Fsp3) is 0.471. The van der Waals surface area contributed by atoms with Gasteiger partial charge in [0.15, 0.2) is 11.6 Å². The second-order valence-corrected chi connectivity index (χ2v) is 6.92. The van der Waals surface area contributed by atoms with Gasteiger partial charge in [0, 0.05) is 37.6 Å². The summed E-state index contributed by atoms with van der Waals surface area (Å²) in [6.07, 6.45) is 2.18. The van der Waals surface area contributed by atoms with Crippen molar-refractivity contribution in [2.24, 2.45) is 0 Å². The molecule has 0 unspecified atom stereocenters. The predicted molar refractivity (Wildman–Crippen MR) is 104 cm³/mol. The van der Waals surface area contributed by atoms with Gasteiger partial charge in [-0.15, -0.1) is 11.3 Å². The molecule has 1 aliphatic heterocycles. The van der Waals surface area contributed by atoms with Crippen molar-refractivity contribution in [3.63, 3.8) is 0 Å². The highest BCUT2D eigenvalue weighted by Crippen LogP contribution is 2.27. The maximum Gasteiger partial charge on any atom is 0.409 e. The van der Waals surface area contributed by atoms with E-state index in [4.69, 9.17) is 10.5 Å². The fourth-order valence-corrected chi connectivity index (χ4v) is 3.56. The molecule has 3 heterocycles. The molecule has 0 bridgehead atoms. The summed E-state index contributed by atoms with van der Waals surface area (Å²) in [5.41, 5.74) is 6.83. The van der Waals surface area contributed by atoms with Crippen LogP contribution in [0.1, 0.15) is 11.8 Å². The van der Waals surface area contributed by atoms with Gasteiger partial charge in [0.05, 0.1) is 6.61 Å². The van der Waals surface area contributed by atoms with Crippen molar-refractivity contribution >= 4 is 34.8 Å². The highest BCUT2D eigenvalue weighted by Gasteiger charge is 2.24. The first kappa shape index (κ1) is 18.2. The highest BCUT2D eigenvalue weighted by atomic mass is 32.1. The molecular weight excluding hydrogens is 352 g/mol. The van der Waals surface area contributed by atoms with Crippen LogP contribution < -0.4 is 16.0 Å². The second-order valence-electron chi connectivity index (χ2n) is 5.89. The van der Waals surface area contributed by atoms with Crippen molar-refractivity contribution in [1.29, 1.82) is 0 Å². The second kappa shape index (κ2) is 8.70. The number of ether oxygens (including phenoxy) is 1. The molecule has 0 atom stereocenters. The molecule has 26 heavy (non-hydrogen) atoms. The average Bonchev–Trinajstić information content (AvgIpc) is 3.17. The number of amides is 1. The summed E-state index contributed by atoms with van der Waals surface area (Å²) in [7, 11) is 0. The van der Waals surface area contributed by atoms with Crippen LogP contribution in [0.4, 0.5) is 22.1 Å². The fourth-order valence-electron chi connectivity index (χ4n) is 2.85. The molecule has 2 aromatic rings. The zero-order chi connectivity index (χ0) is 18.4. The summed E-state index contributed by atoms with van der Waals surface area (Å²) in [5, 5.41) is 5.37. The zero-order valence-electron chi connectivity index (χ0n) is 14.9. The zero-order valence-corrected chi connectivity index (χ0v) is 15.7. The molecule has 9 heteroatoms. The van der Waals surface area contributed by atoms with Gasteiger partial charge in [-0.3, -0.25) is 0 Å². The Hall–Kier alpha value is -2.55. The van der Waals surface area contributed by atoms with E-state index >= 15 is 0 Å². The van der Waals surface area contributed by atoms with Gasteiger partial charge in [-0.25, -0.2) is 14.8 Å². The molecule has 8 nitrogen and oxygen atoms in total. The van der Waals surface area contributed by atoms with Crippen molar-refractivity contribution in [2.75, 3.05) is 55.3 Å². The number of carbonyl (C=O) groups excluding carboxylic acids is 1. The number of piperazine rings is 1. The molecular formula is C17H24N6O2S. The third kappa shape index (κ3) is 4.34. The quantitative estimate of drug-likeness (QED) is 0.796. The molecule has 1 amide bonds. The van der Waals surface area contributed by atoms with E-state index in [2.05, 4.69) is 31.6 Å². The Morgan fingerprint density at radius 1 is 1.35 bits per heavy atom. The number of nitrogen functional groups attached to an aromatic ring is 1. The minimum Gasteiger partial charge on any atom is -0.450 e. The third-order valence-corrected chi connectivity index (χ3v) is 5.15.